The molecule has 0 unspecified atom stereocenters. The number of methoxy groups -OCH3 is 3. The fourth-order valence-corrected chi connectivity index (χ4v) is 1.89. The summed E-state index contributed by atoms with van der Waals surface area (Å²) in [5.41, 5.74) is 1.02. The summed E-state index contributed by atoms with van der Waals surface area (Å²) in [7, 11) is 4.81. The van der Waals surface area contributed by atoms with Gasteiger partial charge in [0.25, 0.3) is 0 Å². The van der Waals surface area contributed by atoms with Crippen LogP contribution in [0.5, 0.6) is 17.2 Å². The van der Waals surface area contributed by atoms with E-state index in [4.69, 9.17) is 19.3 Å². The molecule has 19 heavy (non-hydrogen) atoms. The molecule has 0 aliphatic heterocycles. The van der Waals surface area contributed by atoms with Gasteiger partial charge >= 0.3 is 0 Å². The molecular formula is C14H23NO4. The molecule has 2 N–H and O–H groups in total. The van der Waals surface area contributed by atoms with E-state index in [-0.39, 0.29) is 6.61 Å². The number of aliphatic hydroxyl groups excluding tert-OH is 1. The van der Waals surface area contributed by atoms with E-state index in [0.29, 0.717) is 23.8 Å². The largest absolute Gasteiger partial charge is 0.493 e. The minimum absolute atomic E-state index is 0.237. The quantitative estimate of drug-likeness (QED) is 0.666. The van der Waals surface area contributed by atoms with Crippen molar-refractivity contribution < 1.29 is 19.3 Å². The third-order valence-electron chi connectivity index (χ3n) is 2.86. The lowest BCUT2D eigenvalue weighted by atomic mass is 10.1. The molecule has 0 saturated carbocycles. The predicted octanol–water partition coefficient (Wildman–Crippen LogP) is 1.57. The second-order valence-electron chi connectivity index (χ2n) is 4.10. The van der Waals surface area contributed by atoms with Gasteiger partial charge in [0.15, 0.2) is 11.5 Å². The fraction of sp³-hybridized carbons (Fsp3) is 0.571. The van der Waals surface area contributed by atoms with Crippen molar-refractivity contribution in [3.8, 4) is 17.2 Å². The number of hydrogen-bond donors (Lipinski definition) is 2. The van der Waals surface area contributed by atoms with Gasteiger partial charge in [-0.1, -0.05) is 6.07 Å². The monoisotopic (exact) mass is 269 g/mol. The van der Waals surface area contributed by atoms with Crippen molar-refractivity contribution in [3.63, 3.8) is 0 Å². The Balaban J connectivity index is 2.72. The Morgan fingerprint density at radius 2 is 1.74 bits per heavy atom. The third kappa shape index (κ3) is 4.29. The molecular weight excluding hydrogens is 246 g/mol. The molecule has 0 spiro atoms. The highest BCUT2D eigenvalue weighted by molar-refractivity contribution is 5.55. The van der Waals surface area contributed by atoms with E-state index in [0.717, 1.165) is 24.9 Å². The van der Waals surface area contributed by atoms with Crippen LogP contribution in [-0.4, -0.2) is 39.6 Å². The molecule has 1 rings (SSSR count). The number of hydrogen-bond acceptors (Lipinski definition) is 5. The third-order valence-corrected chi connectivity index (χ3v) is 2.86. The molecule has 0 radical (unpaired) electrons. The van der Waals surface area contributed by atoms with Crippen molar-refractivity contribution in [2.75, 3.05) is 34.5 Å². The summed E-state index contributed by atoms with van der Waals surface area (Å²) in [6.45, 7) is 1.79. The van der Waals surface area contributed by atoms with Crippen LogP contribution in [0.1, 0.15) is 18.4 Å². The Kier molecular flexibility index (Phi) is 7.07. The maximum atomic E-state index is 8.71. The van der Waals surface area contributed by atoms with Crippen molar-refractivity contribution in [3.05, 3.63) is 17.7 Å². The van der Waals surface area contributed by atoms with Gasteiger partial charge in [-0.25, -0.2) is 0 Å². The van der Waals surface area contributed by atoms with E-state index in [9.17, 15) is 0 Å². The van der Waals surface area contributed by atoms with E-state index in [1.807, 2.05) is 12.1 Å². The molecule has 0 bridgehead atoms. The summed E-state index contributed by atoms with van der Waals surface area (Å²) in [6, 6.07) is 3.82. The molecule has 1 aromatic rings. The average molecular weight is 269 g/mol. The Hall–Kier alpha value is -1.46. The van der Waals surface area contributed by atoms with Crippen LogP contribution in [0.25, 0.3) is 0 Å². The summed E-state index contributed by atoms with van der Waals surface area (Å²) < 4.78 is 16.0. The van der Waals surface area contributed by atoms with Gasteiger partial charge in [0.05, 0.1) is 21.3 Å². The molecule has 0 saturated heterocycles. The normalized spacial score (nSPS) is 10.3. The van der Waals surface area contributed by atoms with Crippen molar-refractivity contribution in [1.29, 1.82) is 0 Å². The maximum absolute atomic E-state index is 8.71. The highest BCUT2D eigenvalue weighted by Crippen LogP contribution is 2.39. The second kappa shape index (κ2) is 8.61. The smallest absolute Gasteiger partial charge is 0.203 e. The molecule has 0 atom stereocenters. The van der Waals surface area contributed by atoms with Gasteiger partial charge in [-0.05, 0) is 25.5 Å². The minimum atomic E-state index is 0.237. The van der Waals surface area contributed by atoms with E-state index >= 15 is 0 Å². The molecule has 0 heterocycles. The second-order valence-corrected chi connectivity index (χ2v) is 4.10. The first-order valence-corrected chi connectivity index (χ1v) is 6.37. The standard InChI is InChI=1S/C14H23NO4/c1-17-12-7-6-11(10-15-8-4-5-9-16)13(18-2)14(12)19-3/h6-7,15-16H,4-5,8-10H2,1-3H3. The van der Waals surface area contributed by atoms with Crippen LogP contribution < -0.4 is 19.5 Å². The van der Waals surface area contributed by atoms with Crippen molar-refractivity contribution >= 4 is 0 Å². The van der Waals surface area contributed by atoms with Crippen LogP contribution in [0.15, 0.2) is 12.1 Å². The number of unbranched alkanes of at least 4 members (excludes halogenated alkanes) is 1. The number of nitrogens with one attached hydrogen (secondary N) is 1. The maximum Gasteiger partial charge on any atom is 0.203 e. The number of rotatable bonds is 9. The van der Waals surface area contributed by atoms with Crippen molar-refractivity contribution in [1.82, 2.24) is 5.32 Å². The van der Waals surface area contributed by atoms with Gasteiger partial charge < -0.3 is 24.6 Å². The van der Waals surface area contributed by atoms with E-state index in [1.165, 1.54) is 0 Å². The van der Waals surface area contributed by atoms with Gasteiger partial charge in [-0.3, -0.25) is 0 Å². The first-order chi connectivity index (χ1) is 9.28. The molecule has 5 nitrogen and oxygen atoms in total. The Labute approximate surface area is 114 Å². The topological polar surface area (TPSA) is 60.0 Å². The number of benzene rings is 1. The summed E-state index contributed by atoms with van der Waals surface area (Å²) in [6.07, 6.45) is 1.77. The average Bonchev–Trinajstić information content (AvgIpc) is 2.45. The highest BCUT2D eigenvalue weighted by atomic mass is 16.5. The molecule has 0 amide bonds. The van der Waals surface area contributed by atoms with Crippen LogP contribution in [0.4, 0.5) is 0 Å². The summed E-state index contributed by atoms with van der Waals surface area (Å²) in [4.78, 5) is 0. The van der Waals surface area contributed by atoms with Gasteiger partial charge in [-0.15, -0.1) is 0 Å². The van der Waals surface area contributed by atoms with Gasteiger partial charge in [-0.2, -0.15) is 0 Å². The van der Waals surface area contributed by atoms with E-state index in [2.05, 4.69) is 5.32 Å². The first kappa shape index (κ1) is 15.6. The summed E-state index contributed by atoms with van der Waals surface area (Å²) >= 11 is 0. The molecule has 5 heteroatoms. The molecule has 0 aromatic heterocycles. The van der Waals surface area contributed by atoms with Crippen molar-refractivity contribution in [2.24, 2.45) is 0 Å². The zero-order valence-corrected chi connectivity index (χ0v) is 11.9. The SMILES string of the molecule is COc1ccc(CNCCCCO)c(OC)c1OC. The molecule has 108 valence electrons. The van der Waals surface area contributed by atoms with Crippen LogP contribution in [0.3, 0.4) is 0 Å². The minimum Gasteiger partial charge on any atom is -0.493 e. The van der Waals surface area contributed by atoms with Crippen molar-refractivity contribution in [2.45, 2.75) is 19.4 Å². The van der Waals surface area contributed by atoms with Gasteiger partial charge in [0.2, 0.25) is 5.75 Å². The summed E-state index contributed by atoms with van der Waals surface area (Å²) in [5, 5.41) is 12.0. The van der Waals surface area contributed by atoms with Crippen LogP contribution in [-0.2, 0) is 6.54 Å². The summed E-state index contributed by atoms with van der Waals surface area (Å²) in [5.74, 6) is 1.96. The molecule has 0 fully saturated rings. The predicted molar refractivity (Wildman–Crippen MR) is 74.1 cm³/mol. The lowest BCUT2D eigenvalue weighted by molar-refractivity contribution is 0.283. The Morgan fingerprint density at radius 1 is 1.00 bits per heavy atom. The van der Waals surface area contributed by atoms with E-state index < -0.39 is 0 Å². The van der Waals surface area contributed by atoms with Gasteiger partial charge in [0.1, 0.15) is 0 Å². The molecule has 0 aliphatic carbocycles. The lowest BCUT2D eigenvalue weighted by Crippen LogP contribution is -2.16. The van der Waals surface area contributed by atoms with Crippen LogP contribution in [0.2, 0.25) is 0 Å². The highest BCUT2D eigenvalue weighted by Gasteiger charge is 2.15. The zero-order valence-electron chi connectivity index (χ0n) is 11.9. The molecule has 0 aliphatic rings. The first-order valence-electron chi connectivity index (χ1n) is 6.37. The van der Waals surface area contributed by atoms with Crippen LogP contribution >= 0.6 is 0 Å². The molecule has 1 aromatic carbocycles. The number of ether oxygens (including phenoxy) is 3. The Bertz CT molecular complexity index is 382. The van der Waals surface area contributed by atoms with Crippen LogP contribution in [0, 0.1) is 0 Å². The zero-order chi connectivity index (χ0) is 14.1. The van der Waals surface area contributed by atoms with E-state index in [1.54, 1.807) is 21.3 Å². The Morgan fingerprint density at radius 3 is 2.32 bits per heavy atom. The van der Waals surface area contributed by atoms with Gasteiger partial charge in [0, 0.05) is 18.7 Å². The lowest BCUT2D eigenvalue weighted by Gasteiger charge is -2.16. The fourth-order valence-electron chi connectivity index (χ4n) is 1.89. The number of aliphatic hydroxyl groups is 1.